The van der Waals surface area contributed by atoms with Gasteiger partial charge in [0.15, 0.2) is 8.32 Å². The Balaban J connectivity index is 1.60. The van der Waals surface area contributed by atoms with E-state index < -0.39 is 37.6 Å². The number of aromatic nitrogens is 1. The number of rotatable bonds is 4. The number of halogens is 4. The second-order valence-electron chi connectivity index (χ2n) is 15.2. The number of hydrogen-bond acceptors (Lipinski definition) is 4. The molecule has 2 aliphatic heterocycles. The molecule has 1 aromatic heterocycles. The van der Waals surface area contributed by atoms with E-state index in [1.807, 2.05) is 0 Å². The predicted octanol–water partition coefficient (Wildman–Crippen LogP) is 9.67. The zero-order chi connectivity index (χ0) is 31.2. The number of ether oxygens (including phenoxy) is 2. The van der Waals surface area contributed by atoms with Crippen LogP contribution in [0, 0.1) is 11.2 Å². The summed E-state index contributed by atoms with van der Waals surface area (Å²) in [5.41, 5.74) is 3.43. The summed E-state index contributed by atoms with van der Waals surface area (Å²) in [5.74, 6) is -0.901. The largest absolute Gasteiger partial charge is 0.416 e. The summed E-state index contributed by atoms with van der Waals surface area (Å²) in [5, 5.41) is 0.00458. The molecule has 2 aromatic rings. The van der Waals surface area contributed by atoms with Crippen LogP contribution in [0.15, 0.2) is 18.2 Å². The van der Waals surface area contributed by atoms with Crippen LogP contribution in [0.4, 0.5) is 17.6 Å². The summed E-state index contributed by atoms with van der Waals surface area (Å²) in [7, 11) is -2.22. The van der Waals surface area contributed by atoms with Crippen LogP contribution in [0.3, 0.4) is 0 Å². The smallest absolute Gasteiger partial charge is 0.410 e. The number of fused-ring (bicyclic) bond motifs is 4. The van der Waals surface area contributed by atoms with Crippen molar-refractivity contribution in [2.24, 2.45) is 5.41 Å². The summed E-state index contributed by atoms with van der Waals surface area (Å²) >= 11 is 0. The van der Waals surface area contributed by atoms with Crippen molar-refractivity contribution in [3.8, 4) is 0 Å². The zero-order valence-electron chi connectivity index (χ0n) is 26.5. The highest BCUT2D eigenvalue weighted by molar-refractivity contribution is 6.74. The molecular weight excluding hydrogens is 574 g/mol. The highest BCUT2D eigenvalue weighted by Crippen LogP contribution is 2.62. The lowest BCUT2D eigenvalue weighted by Gasteiger charge is -2.51. The van der Waals surface area contributed by atoms with Crippen LogP contribution in [0.2, 0.25) is 18.1 Å². The number of hydrogen-bond donors (Lipinski definition) is 0. The van der Waals surface area contributed by atoms with Gasteiger partial charge in [-0.05, 0) is 72.8 Å². The Kier molecular flexibility index (Phi) is 7.51. The van der Waals surface area contributed by atoms with Crippen molar-refractivity contribution in [1.29, 1.82) is 0 Å². The Labute approximate surface area is 254 Å². The van der Waals surface area contributed by atoms with Crippen molar-refractivity contribution in [3.63, 3.8) is 0 Å². The van der Waals surface area contributed by atoms with Gasteiger partial charge in [-0.25, -0.2) is 4.39 Å². The average molecular weight is 620 g/mol. The molecule has 3 heterocycles. The molecule has 0 N–H and O–H groups in total. The molecule has 0 amide bonds. The first-order valence-electron chi connectivity index (χ1n) is 15.8. The van der Waals surface area contributed by atoms with Crippen LogP contribution in [0.25, 0.3) is 0 Å². The molecule has 0 bridgehead atoms. The van der Waals surface area contributed by atoms with Crippen LogP contribution in [0.5, 0.6) is 0 Å². The number of pyridine rings is 1. The third kappa shape index (κ3) is 5.20. The molecule has 1 saturated heterocycles. The highest BCUT2D eigenvalue weighted by Gasteiger charge is 2.55. The minimum Gasteiger partial charge on any atom is -0.410 e. The van der Waals surface area contributed by atoms with E-state index in [0.717, 1.165) is 59.8 Å². The number of nitrogens with zero attached hydrogens (tertiary/aromatic N) is 1. The van der Waals surface area contributed by atoms with Crippen LogP contribution in [-0.2, 0) is 32.1 Å². The lowest BCUT2D eigenvalue weighted by molar-refractivity contribution is -0.138. The SMILES string of the molecule is CC(C)c1nc2c(c3c1[C@@H](c1ccc(C(F)(F)F)cc1F)OC31CCOCC1)[C@@H](O[Si](C)(C)C(C)(C)C)CC1(CCC1)C2. The fourth-order valence-corrected chi connectivity index (χ4v) is 8.79. The summed E-state index contributed by atoms with van der Waals surface area (Å²) in [6, 6.07) is 2.81. The van der Waals surface area contributed by atoms with Crippen molar-refractivity contribution in [3.05, 3.63) is 63.2 Å². The first kappa shape index (κ1) is 31.2. The van der Waals surface area contributed by atoms with E-state index in [9.17, 15) is 13.2 Å². The van der Waals surface area contributed by atoms with E-state index >= 15 is 4.39 Å². The third-order valence-electron chi connectivity index (χ3n) is 11.0. The molecule has 4 nitrogen and oxygen atoms in total. The molecule has 1 saturated carbocycles. The van der Waals surface area contributed by atoms with E-state index in [2.05, 4.69) is 47.7 Å². The monoisotopic (exact) mass is 619 g/mol. The van der Waals surface area contributed by atoms with Gasteiger partial charge in [0.05, 0.1) is 17.3 Å². The van der Waals surface area contributed by atoms with Crippen LogP contribution >= 0.6 is 0 Å². The van der Waals surface area contributed by atoms with E-state index in [-0.39, 0.29) is 28.0 Å². The van der Waals surface area contributed by atoms with Gasteiger partial charge in [0, 0.05) is 54.1 Å². The van der Waals surface area contributed by atoms with Gasteiger partial charge < -0.3 is 13.9 Å². The van der Waals surface area contributed by atoms with Crippen molar-refractivity contribution in [2.45, 2.75) is 128 Å². The van der Waals surface area contributed by atoms with Gasteiger partial charge in [0.1, 0.15) is 11.9 Å². The fraction of sp³-hybridized carbons (Fsp3) is 0.676. The van der Waals surface area contributed by atoms with Crippen molar-refractivity contribution in [1.82, 2.24) is 4.98 Å². The van der Waals surface area contributed by atoms with Crippen LogP contribution in [0.1, 0.15) is 130 Å². The second-order valence-corrected chi connectivity index (χ2v) is 20.0. The molecular formula is C34H45F4NO3Si. The molecule has 4 aliphatic rings. The normalized spacial score (nSPS) is 24.7. The summed E-state index contributed by atoms with van der Waals surface area (Å²) in [6.45, 7) is 16.5. The van der Waals surface area contributed by atoms with Crippen LogP contribution in [-0.4, -0.2) is 26.5 Å². The van der Waals surface area contributed by atoms with Crippen molar-refractivity contribution >= 4 is 8.32 Å². The Bertz CT molecular complexity index is 1400. The van der Waals surface area contributed by atoms with Gasteiger partial charge >= 0.3 is 6.18 Å². The van der Waals surface area contributed by atoms with Gasteiger partial charge in [0.25, 0.3) is 0 Å². The van der Waals surface area contributed by atoms with Gasteiger partial charge in [-0.2, -0.15) is 13.2 Å². The summed E-state index contributed by atoms with van der Waals surface area (Å²) in [4.78, 5) is 5.37. The lowest BCUT2D eigenvalue weighted by atomic mass is 9.58. The fourth-order valence-electron chi connectivity index (χ4n) is 7.52. The Morgan fingerprint density at radius 1 is 1.02 bits per heavy atom. The van der Waals surface area contributed by atoms with E-state index in [1.165, 1.54) is 12.5 Å². The Morgan fingerprint density at radius 3 is 2.23 bits per heavy atom. The molecule has 1 aromatic carbocycles. The number of benzene rings is 1. The van der Waals surface area contributed by atoms with Gasteiger partial charge in [0.2, 0.25) is 0 Å². The maximum atomic E-state index is 15.7. The molecule has 9 heteroatoms. The maximum absolute atomic E-state index is 15.7. The molecule has 2 spiro atoms. The first-order chi connectivity index (χ1) is 20.0. The molecule has 0 unspecified atom stereocenters. The van der Waals surface area contributed by atoms with Crippen molar-refractivity contribution < 1.29 is 31.5 Å². The molecule has 2 fully saturated rings. The molecule has 236 valence electrons. The topological polar surface area (TPSA) is 40.6 Å². The predicted molar refractivity (Wildman–Crippen MR) is 160 cm³/mol. The van der Waals surface area contributed by atoms with E-state index in [0.29, 0.717) is 32.1 Å². The van der Waals surface area contributed by atoms with Crippen molar-refractivity contribution in [2.75, 3.05) is 13.2 Å². The molecule has 43 heavy (non-hydrogen) atoms. The van der Waals surface area contributed by atoms with Crippen LogP contribution < -0.4 is 0 Å². The second kappa shape index (κ2) is 10.4. The Morgan fingerprint density at radius 2 is 1.70 bits per heavy atom. The minimum absolute atomic E-state index is 0.00458. The van der Waals surface area contributed by atoms with E-state index in [1.54, 1.807) is 0 Å². The maximum Gasteiger partial charge on any atom is 0.416 e. The van der Waals surface area contributed by atoms with Gasteiger partial charge in [-0.15, -0.1) is 0 Å². The first-order valence-corrected chi connectivity index (χ1v) is 18.7. The van der Waals surface area contributed by atoms with Gasteiger partial charge in [-0.1, -0.05) is 47.1 Å². The summed E-state index contributed by atoms with van der Waals surface area (Å²) < 4.78 is 76.2. The lowest BCUT2D eigenvalue weighted by Crippen LogP contribution is -2.47. The molecule has 2 atom stereocenters. The zero-order valence-corrected chi connectivity index (χ0v) is 27.5. The summed E-state index contributed by atoms with van der Waals surface area (Å²) in [6.07, 6.45) is 0.866. The quantitative estimate of drug-likeness (QED) is 0.252. The van der Waals surface area contributed by atoms with E-state index in [4.69, 9.17) is 18.9 Å². The Hall–Kier alpha value is -1.81. The highest BCUT2D eigenvalue weighted by atomic mass is 28.4. The standard InChI is InChI=1S/C34H45F4NO3Si/c1-20(2)29-27-28(26-24(39-29)18-32(11-8-12-32)19-25(26)42-43(6,7)31(3,4)5)33(13-15-40-16-14-33)41-30(27)22-10-9-21(17-23(22)35)34(36,37)38/h9-10,17,20,25,30H,8,11-16,18-19H2,1-7H3/t25-,30+/m0/s1. The minimum atomic E-state index is -4.63. The molecule has 2 aliphatic carbocycles. The number of alkyl halides is 3. The molecule has 0 radical (unpaired) electrons. The third-order valence-corrected chi connectivity index (χ3v) is 15.5. The van der Waals surface area contributed by atoms with Gasteiger partial charge in [-0.3, -0.25) is 4.98 Å². The average Bonchev–Trinajstić information content (AvgIpc) is 3.19. The molecule has 6 rings (SSSR count).